The van der Waals surface area contributed by atoms with Crippen LogP contribution in [0.4, 0.5) is 5.69 Å². The molecule has 0 aliphatic carbocycles. The predicted molar refractivity (Wildman–Crippen MR) is 128 cm³/mol. The minimum atomic E-state index is -0.746. The van der Waals surface area contributed by atoms with Gasteiger partial charge in [0.2, 0.25) is 0 Å². The lowest BCUT2D eigenvalue weighted by molar-refractivity contribution is -0.132. The molecule has 4 rings (SSSR count). The van der Waals surface area contributed by atoms with E-state index >= 15 is 0 Å². The third kappa shape index (κ3) is 4.04. The molecule has 1 unspecified atom stereocenters. The number of aliphatic hydroxyl groups is 1. The first-order valence-electron chi connectivity index (χ1n) is 10.3. The first-order valence-corrected chi connectivity index (χ1v) is 11.5. The number of halogens is 1. The normalized spacial score (nSPS) is 17.7. The minimum absolute atomic E-state index is 0.0547. The number of carbonyl (C=O) groups is 2. The van der Waals surface area contributed by atoms with E-state index in [0.29, 0.717) is 22.9 Å². The average molecular weight is 468 g/mol. The van der Waals surface area contributed by atoms with Gasteiger partial charge in [0.1, 0.15) is 17.6 Å². The molecule has 1 atom stereocenters. The van der Waals surface area contributed by atoms with Crippen molar-refractivity contribution in [3.8, 4) is 5.75 Å². The Morgan fingerprint density at radius 3 is 2.62 bits per heavy atom. The summed E-state index contributed by atoms with van der Waals surface area (Å²) in [5.41, 5.74) is 1.84. The summed E-state index contributed by atoms with van der Waals surface area (Å²) >= 11 is 7.56. The number of hydrogen-bond donors (Lipinski definition) is 1. The predicted octanol–water partition coefficient (Wildman–Crippen LogP) is 6.13. The Morgan fingerprint density at radius 1 is 1.16 bits per heavy atom. The smallest absolute Gasteiger partial charge is 0.300 e. The molecule has 1 aliphatic rings. The number of hydrogen-bond acceptors (Lipinski definition) is 5. The van der Waals surface area contributed by atoms with Gasteiger partial charge in [0.15, 0.2) is 0 Å². The molecule has 5 nitrogen and oxygen atoms in total. The van der Waals surface area contributed by atoms with Crippen molar-refractivity contribution in [1.82, 2.24) is 0 Å². The van der Waals surface area contributed by atoms with Crippen LogP contribution in [0.2, 0.25) is 5.02 Å². The zero-order valence-corrected chi connectivity index (χ0v) is 19.2. The molecule has 1 aromatic heterocycles. The Kier molecular flexibility index (Phi) is 6.35. The number of carbonyl (C=O) groups excluding carboxylic acids is 2. The monoisotopic (exact) mass is 467 g/mol. The third-order valence-corrected chi connectivity index (χ3v) is 6.41. The summed E-state index contributed by atoms with van der Waals surface area (Å²) in [5, 5.41) is 13.5. The molecular formula is C25H22ClNO4S. The number of aryl methyl sites for hydroxylation is 1. The number of rotatable bonds is 6. The summed E-state index contributed by atoms with van der Waals surface area (Å²) in [5.74, 6) is -0.925. The standard InChI is InChI=1S/C25H22ClNO4S/c1-3-11-31-19-10-9-16(13-15(19)2)23(28)21-22(20-8-5-12-32-20)27(25(30)24(21)29)18-7-4-6-17(26)14-18/h4-10,12-14,22,28H,3,11H2,1-2H3/b23-21-. The van der Waals surface area contributed by atoms with Gasteiger partial charge < -0.3 is 9.84 Å². The maximum atomic E-state index is 13.1. The van der Waals surface area contributed by atoms with Crippen LogP contribution in [0.1, 0.15) is 35.4 Å². The zero-order chi connectivity index (χ0) is 22.8. The molecule has 0 saturated carbocycles. The Balaban J connectivity index is 1.84. The molecule has 1 N–H and O–H groups in total. The molecule has 0 radical (unpaired) electrons. The quantitative estimate of drug-likeness (QED) is 0.269. The molecule has 1 saturated heterocycles. The third-order valence-electron chi connectivity index (χ3n) is 5.25. The van der Waals surface area contributed by atoms with Crippen LogP contribution in [0.5, 0.6) is 5.75 Å². The Bertz CT molecular complexity index is 1200. The molecule has 2 aromatic carbocycles. The molecule has 32 heavy (non-hydrogen) atoms. The van der Waals surface area contributed by atoms with Crippen LogP contribution in [0, 0.1) is 6.92 Å². The van der Waals surface area contributed by atoms with Crippen LogP contribution >= 0.6 is 22.9 Å². The SMILES string of the molecule is CCCOc1ccc(/C(O)=C2/C(=O)C(=O)N(c3cccc(Cl)c3)C2c2cccs2)cc1C. The highest BCUT2D eigenvalue weighted by Gasteiger charge is 2.47. The number of Topliss-reactive ketones (excluding diaryl/α,β-unsaturated/α-hetero) is 1. The van der Waals surface area contributed by atoms with Crippen molar-refractivity contribution in [2.45, 2.75) is 26.3 Å². The minimum Gasteiger partial charge on any atom is -0.507 e. The number of amides is 1. The molecule has 1 amide bonds. The lowest BCUT2D eigenvalue weighted by Crippen LogP contribution is -2.29. The van der Waals surface area contributed by atoms with Crippen molar-refractivity contribution in [2.75, 3.05) is 11.5 Å². The van der Waals surface area contributed by atoms with E-state index in [1.807, 2.05) is 31.4 Å². The highest BCUT2D eigenvalue weighted by molar-refractivity contribution is 7.10. The van der Waals surface area contributed by atoms with Gasteiger partial charge in [0.05, 0.1) is 12.2 Å². The van der Waals surface area contributed by atoms with E-state index in [4.69, 9.17) is 16.3 Å². The van der Waals surface area contributed by atoms with E-state index in [2.05, 4.69) is 0 Å². The summed E-state index contributed by atoms with van der Waals surface area (Å²) in [6, 6.07) is 15.0. The second-order valence-corrected chi connectivity index (χ2v) is 8.91. The van der Waals surface area contributed by atoms with Gasteiger partial charge in [-0.1, -0.05) is 30.7 Å². The zero-order valence-electron chi connectivity index (χ0n) is 17.7. The van der Waals surface area contributed by atoms with Gasteiger partial charge in [-0.3, -0.25) is 14.5 Å². The molecule has 164 valence electrons. The lowest BCUT2D eigenvalue weighted by atomic mass is 9.98. The summed E-state index contributed by atoms with van der Waals surface area (Å²) in [6.07, 6.45) is 0.884. The fourth-order valence-electron chi connectivity index (χ4n) is 3.77. The second kappa shape index (κ2) is 9.18. The van der Waals surface area contributed by atoms with E-state index in [-0.39, 0.29) is 11.3 Å². The van der Waals surface area contributed by atoms with Crippen LogP contribution in [-0.4, -0.2) is 23.4 Å². The number of nitrogens with zero attached hydrogens (tertiary/aromatic N) is 1. The molecule has 0 spiro atoms. The highest BCUT2D eigenvalue weighted by Crippen LogP contribution is 2.44. The number of benzene rings is 2. The second-order valence-electron chi connectivity index (χ2n) is 7.49. The van der Waals surface area contributed by atoms with Crippen LogP contribution in [0.25, 0.3) is 5.76 Å². The molecule has 0 bridgehead atoms. The van der Waals surface area contributed by atoms with Crippen LogP contribution in [0.15, 0.2) is 65.6 Å². The average Bonchev–Trinajstić information content (AvgIpc) is 3.39. The van der Waals surface area contributed by atoms with E-state index < -0.39 is 17.7 Å². The number of ether oxygens (including phenoxy) is 1. The summed E-state index contributed by atoms with van der Waals surface area (Å²) < 4.78 is 5.71. The van der Waals surface area contributed by atoms with Gasteiger partial charge in [0, 0.05) is 21.2 Å². The fourth-order valence-corrected chi connectivity index (χ4v) is 4.78. The van der Waals surface area contributed by atoms with Crippen molar-refractivity contribution >= 4 is 46.1 Å². The largest absolute Gasteiger partial charge is 0.507 e. The molecule has 1 fully saturated rings. The van der Waals surface area contributed by atoms with Crippen LogP contribution < -0.4 is 9.64 Å². The van der Waals surface area contributed by atoms with Crippen molar-refractivity contribution in [3.05, 3.63) is 86.6 Å². The lowest BCUT2D eigenvalue weighted by Gasteiger charge is -2.24. The number of thiophene rings is 1. The number of anilines is 1. The first kappa shape index (κ1) is 22.1. The van der Waals surface area contributed by atoms with Gasteiger partial charge >= 0.3 is 0 Å². The van der Waals surface area contributed by atoms with Crippen LogP contribution in [0.3, 0.4) is 0 Å². The molecule has 3 aromatic rings. The molecule has 7 heteroatoms. The van der Waals surface area contributed by atoms with Gasteiger partial charge in [-0.2, -0.15) is 0 Å². The van der Waals surface area contributed by atoms with Crippen molar-refractivity contribution < 1.29 is 19.4 Å². The van der Waals surface area contributed by atoms with Crippen molar-refractivity contribution in [1.29, 1.82) is 0 Å². The van der Waals surface area contributed by atoms with Gasteiger partial charge in [-0.05, 0) is 66.8 Å². The Morgan fingerprint density at radius 2 is 1.97 bits per heavy atom. The molecule has 1 aliphatic heterocycles. The fraction of sp³-hybridized carbons (Fsp3) is 0.200. The van der Waals surface area contributed by atoms with E-state index in [1.54, 1.807) is 42.5 Å². The van der Waals surface area contributed by atoms with Crippen molar-refractivity contribution in [3.63, 3.8) is 0 Å². The Hall–Kier alpha value is -3.09. The van der Waals surface area contributed by atoms with Gasteiger partial charge in [-0.25, -0.2) is 0 Å². The van der Waals surface area contributed by atoms with E-state index in [1.165, 1.54) is 16.2 Å². The first-order chi connectivity index (χ1) is 15.4. The number of aliphatic hydroxyl groups excluding tert-OH is 1. The Labute approximate surface area is 195 Å². The van der Waals surface area contributed by atoms with Crippen molar-refractivity contribution in [2.24, 2.45) is 0 Å². The van der Waals surface area contributed by atoms with Crippen LogP contribution in [-0.2, 0) is 9.59 Å². The van der Waals surface area contributed by atoms with Gasteiger partial charge in [0.25, 0.3) is 11.7 Å². The topological polar surface area (TPSA) is 66.8 Å². The number of ketones is 1. The summed E-state index contributed by atoms with van der Waals surface area (Å²) in [7, 11) is 0. The van der Waals surface area contributed by atoms with E-state index in [0.717, 1.165) is 22.6 Å². The van der Waals surface area contributed by atoms with E-state index in [9.17, 15) is 14.7 Å². The summed E-state index contributed by atoms with van der Waals surface area (Å²) in [4.78, 5) is 28.4. The highest BCUT2D eigenvalue weighted by atomic mass is 35.5. The molecular weight excluding hydrogens is 446 g/mol. The maximum Gasteiger partial charge on any atom is 0.300 e. The molecule has 2 heterocycles. The maximum absolute atomic E-state index is 13.1. The van der Waals surface area contributed by atoms with Gasteiger partial charge in [-0.15, -0.1) is 11.3 Å². The summed E-state index contributed by atoms with van der Waals surface area (Å²) in [6.45, 7) is 4.50.